The van der Waals surface area contributed by atoms with Crippen LogP contribution in [0.5, 0.6) is 0 Å². The molecule has 2 heterocycles. The van der Waals surface area contributed by atoms with Crippen LogP contribution in [0, 0.1) is 0 Å². The van der Waals surface area contributed by atoms with E-state index in [0.717, 1.165) is 11.3 Å². The predicted molar refractivity (Wildman–Crippen MR) is 72.0 cm³/mol. The van der Waals surface area contributed by atoms with Gasteiger partial charge in [-0.05, 0) is 30.9 Å². The molecule has 1 unspecified atom stereocenters. The summed E-state index contributed by atoms with van der Waals surface area (Å²) in [5.41, 5.74) is 0. The lowest BCUT2D eigenvalue weighted by Gasteiger charge is -2.04. The van der Waals surface area contributed by atoms with E-state index in [1.165, 1.54) is 20.7 Å². The zero-order valence-corrected chi connectivity index (χ0v) is 11.2. The molecule has 1 N–H and O–H groups in total. The molecule has 1 amide bonds. The van der Waals surface area contributed by atoms with Gasteiger partial charge in [-0.2, -0.15) is 0 Å². The van der Waals surface area contributed by atoms with Gasteiger partial charge in [0, 0.05) is 21.3 Å². The number of hydrogen-bond acceptors (Lipinski definition) is 3. The Kier molecular flexibility index (Phi) is 3.84. The van der Waals surface area contributed by atoms with Crippen LogP contribution in [0.2, 0.25) is 0 Å². The summed E-state index contributed by atoms with van der Waals surface area (Å²) in [6.45, 7) is 2.56. The summed E-state index contributed by atoms with van der Waals surface area (Å²) < 4.78 is 2.36. The van der Waals surface area contributed by atoms with Crippen LogP contribution in [0.1, 0.15) is 23.0 Å². The van der Waals surface area contributed by atoms with E-state index in [2.05, 4.69) is 5.32 Å². The van der Waals surface area contributed by atoms with Crippen molar-refractivity contribution in [2.75, 3.05) is 6.54 Å². The van der Waals surface area contributed by atoms with Crippen molar-refractivity contribution in [3.63, 3.8) is 0 Å². The number of carbonyl (C=O) groups excluding carboxylic acids is 1. The second-order valence-corrected chi connectivity index (χ2v) is 6.36. The lowest BCUT2D eigenvalue weighted by atomic mass is 10.3. The topological polar surface area (TPSA) is 29.1 Å². The van der Waals surface area contributed by atoms with Gasteiger partial charge >= 0.3 is 0 Å². The van der Waals surface area contributed by atoms with Gasteiger partial charge in [0.2, 0.25) is 0 Å². The highest BCUT2D eigenvalue weighted by Crippen LogP contribution is 2.29. The molecule has 2 aromatic rings. The van der Waals surface area contributed by atoms with Gasteiger partial charge in [0.25, 0.3) is 5.91 Å². The minimum atomic E-state index is 0.00529. The average Bonchev–Trinajstić information content (AvgIpc) is 2.75. The molecule has 86 valence electrons. The maximum atomic E-state index is 11.8. The number of halogens is 1. The molecule has 0 fully saturated rings. The fourth-order valence-electron chi connectivity index (χ4n) is 1.35. The zero-order chi connectivity index (χ0) is 11.5. The van der Waals surface area contributed by atoms with Crippen LogP contribution in [-0.2, 0) is 0 Å². The summed E-state index contributed by atoms with van der Waals surface area (Å²) in [4.78, 5) is 12.5. The SMILES string of the molecule is CC(Cl)CCNC(=O)c1cc2sccc2s1. The van der Waals surface area contributed by atoms with Crippen molar-refractivity contribution in [3.05, 3.63) is 22.4 Å². The molecule has 16 heavy (non-hydrogen) atoms. The molecular weight excluding hydrogens is 262 g/mol. The minimum absolute atomic E-state index is 0.00529. The Morgan fingerprint density at radius 2 is 2.38 bits per heavy atom. The van der Waals surface area contributed by atoms with Crippen LogP contribution in [-0.4, -0.2) is 17.8 Å². The molecule has 0 radical (unpaired) electrons. The smallest absolute Gasteiger partial charge is 0.261 e. The van der Waals surface area contributed by atoms with E-state index in [1.54, 1.807) is 11.3 Å². The molecule has 0 saturated carbocycles. The Morgan fingerprint density at radius 3 is 3.06 bits per heavy atom. The number of thiophene rings is 2. The molecule has 0 aliphatic heterocycles. The van der Waals surface area contributed by atoms with Gasteiger partial charge in [0.1, 0.15) is 0 Å². The zero-order valence-electron chi connectivity index (χ0n) is 8.83. The first kappa shape index (κ1) is 11.9. The van der Waals surface area contributed by atoms with Crippen molar-refractivity contribution >= 4 is 49.6 Å². The van der Waals surface area contributed by atoms with Crippen molar-refractivity contribution in [2.24, 2.45) is 0 Å². The van der Waals surface area contributed by atoms with Crippen molar-refractivity contribution < 1.29 is 4.79 Å². The molecule has 0 aliphatic rings. The third kappa shape index (κ3) is 2.75. The van der Waals surface area contributed by atoms with Crippen LogP contribution in [0.15, 0.2) is 17.5 Å². The van der Waals surface area contributed by atoms with Crippen LogP contribution in [0.3, 0.4) is 0 Å². The number of rotatable bonds is 4. The lowest BCUT2D eigenvalue weighted by Crippen LogP contribution is -2.24. The molecule has 0 spiro atoms. The van der Waals surface area contributed by atoms with Crippen LogP contribution < -0.4 is 5.32 Å². The number of fused-ring (bicyclic) bond motifs is 1. The fraction of sp³-hybridized carbons (Fsp3) is 0.364. The summed E-state index contributed by atoms with van der Waals surface area (Å²) >= 11 is 9.01. The molecule has 2 aromatic heterocycles. The molecule has 0 saturated heterocycles. The Hall–Kier alpha value is -0.580. The van der Waals surface area contributed by atoms with E-state index in [1.807, 2.05) is 24.4 Å². The first-order valence-corrected chi connectivity index (χ1v) is 7.19. The molecular formula is C11H12ClNOS2. The Balaban J connectivity index is 1.97. The first-order chi connectivity index (χ1) is 7.66. The van der Waals surface area contributed by atoms with Gasteiger partial charge in [-0.1, -0.05) is 0 Å². The van der Waals surface area contributed by atoms with E-state index in [0.29, 0.717) is 6.54 Å². The highest BCUT2D eigenvalue weighted by molar-refractivity contribution is 7.27. The highest BCUT2D eigenvalue weighted by Gasteiger charge is 2.10. The van der Waals surface area contributed by atoms with E-state index >= 15 is 0 Å². The number of hydrogen-bond donors (Lipinski definition) is 1. The Bertz CT molecular complexity index is 460. The van der Waals surface area contributed by atoms with Crippen LogP contribution in [0.25, 0.3) is 9.40 Å². The second kappa shape index (κ2) is 5.17. The van der Waals surface area contributed by atoms with Crippen molar-refractivity contribution in [2.45, 2.75) is 18.7 Å². The van der Waals surface area contributed by atoms with Crippen molar-refractivity contribution in [1.29, 1.82) is 0 Å². The Morgan fingerprint density at radius 1 is 1.56 bits per heavy atom. The number of carbonyl (C=O) groups is 1. The lowest BCUT2D eigenvalue weighted by molar-refractivity contribution is 0.0957. The number of alkyl halides is 1. The number of nitrogens with one attached hydrogen (secondary N) is 1. The average molecular weight is 274 g/mol. The third-order valence-corrected chi connectivity index (χ3v) is 4.50. The van der Waals surface area contributed by atoms with Crippen LogP contribution in [0.4, 0.5) is 0 Å². The van der Waals surface area contributed by atoms with Gasteiger partial charge in [-0.15, -0.1) is 34.3 Å². The van der Waals surface area contributed by atoms with Gasteiger partial charge in [-0.3, -0.25) is 4.79 Å². The quantitative estimate of drug-likeness (QED) is 0.846. The summed E-state index contributed by atoms with van der Waals surface area (Å²) in [7, 11) is 0. The van der Waals surface area contributed by atoms with E-state index < -0.39 is 0 Å². The monoisotopic (exact) mass is 273 g/mol. The molecule has 5 heteroatoms. The van der Waals surface area contributed by atoms with Crippen molar-refractivity contribution in [1.82, 2.24) is 5.32 Å². The predicted octanol–water partition coefficient (Wildman–Crippen LogP) is 3.71. The third-order valence-electron chi connectivity index (χ3n) is 2.19. The largest absolute Gasteiger partial charge is 0.351 e. The van der Waals surface area contributed by atoms with E-state index in [-0.39, 0.29) is 11.3 Å². The first-order valence-electron chi connectivity index (χ1n) is 5.06. The molecule has 0 aromatic carbocycles. The molecule has 0 bridgehead atoms. The second-order valence-electron chi connectivity index (χ2n) is 3.59. The summed E-state index contributed by atoms with van der Waals surface area (Å²) in [5, 5.41) is 5.02. The van der Waals surface area contributed by atoms with Crippen molar-refractivity contribution in [3.8, 4) is 0 Å². The normalized spacial score (nSPS) is 12.9. The number of amides is 1. The standard InChI is InChI=1S/C11H12ClNOS2/c1-7(12)2-4-13-11(14)10-6-9-8(16-10)3-5-15-9/h3,5-7H,2,4H2,1H3,(H,13,14). The maximum Gasteiger partial charge on any atom is 0.261 e. The van der Waals surface area contributed by atoms with Gasteiger partial charge in [0.05, 0.1) is 4.88 Å². The molecule has 2 nitrogen and oxygen atoms in total. The van der Waals surface area contributed by atoms with E-state index in [4.69, 9.17) is 11.6 Å². The summed E-state index contributed by atoms with van der Waals surface area (Å²) in [5.74, 6) is 0.00529. The summed E-state index contributed by atoms with van der Waals surface area (Å²) in [6.07, 6.45) is 0.799. The van der Waals surface area contributed by atoms with E-state index in [9.17, 15) is 4.79 Å². The fourth-order valence-corrected chi connectivity index (χ4v) is 3.48. The van der Waals surface area contributed by atoms with Gasteiger partial charge in [0.15, 0.2) is 0 Å². The van der Waals surface area contributed by atoms with Gasteiger partial charge in [-0.25, -0.2) is 0 Å². The summed E-state index contributed by atoms with van der Waals surface area (Å²) in [6, 6.07) is 3.99. The van der Waals surface area contributed by atoms with Gasteiger partial charge < -0.3 is 5.32 Å². The Labute approximate surface area is 107 Å². The van der Waals surface area contributed by atoms with Crippen LogP contribution >= 0.6 is 34.3 Å². The molecule has 1 atom stereocenters. The molecule has 0 aliphatic carbocycles. The highest BCUT2D eigenvalue weighted by atomic mass is 35.5. The molecule has 2 rings (SSSR count). The maximum absolute atomic E-state index is 11.8. The minimum Gasteiger partial charge on any atom is -0.351 e.